The minimum Gasteiger partial charge on any atom is -0.354 e. The van der Waals surface area contributed by atoms with Gasteiger partial charge in [0.2, 0.25) is 0 Å². The second kappa shape index (κ2) is 4.69. The van der Waals surface area contributed by atoms with Gasteiger partial charge in [0.05, 0.1) is 0 Å². The van der Waals surface area contributed by atoms with Crippen LogP contribution in [-0.4, -0.2) is 4.98 Å². The Bertz CT molecular complexity index is 707. The summed E-state index contributed by atoms with van der Waals surface area (Å²) < 4.78 is 0. The lowest BCUT2D eigenvalue weighted by Gasteiger charge is -2.20. The molecule has 3 rings (SSSR count). The fraction of sp³-hybridized carbons (Fsp3) is 0.353. The van der Waals surface area contributed by atoms with Gasteiger partial charge in [-0.25, -0.2) is 0 Å². The first-order chi connectivity index (χ1) is 9.16. The molecule has 98 valence electrons. The zero-order valence-electron chi connectivity index (χ0n) is 11.5. The zero-order chi connectivity index (χ0) is 13.4. The summed E-state index contributed by atoms with van der Waals surface area (Å²) >= 11 is 0. The monoisotopic (exact) mass is 253 g/mol. The van der Waals surface area contributed by atoms with Gasteiger partial charge in [-0.1, -0.05) is 32.1 Å². The Hall–Kier alpha value is -1.83. The first kappa shape index (κ1) is 12.2. The molecule has 0 unspecified atom stereocenters. The summed E-state index contributed by atoms with van der Waals surface area (Å²) in [6.45, 7) is 4.36. The number of fused-ring (bicyclic) bond motifs is 2. The third-order valence-electron chi connectivity index (χ3n) is 3.74. The van der Waals surface area contributed by atoms with Crippen LogP contribution in [0.1, 0.15) is 37.9 Å². The Kier molecular flexibility index (Phi) is 3.02. The van der Waals surface area contributed by atoms with Crippen molar-refractivity contribution in [3.63, 3.8) is 0 Å². The minimum atomic E-state index is 0.207. The average molecular weight is 253 g/mol. The molecule has 1 aromatic carbocycles. The Morgan fingerprint density at radius 2 is 2.00 bits per heavy atom. The van der Waals surface area contributed by atoms with Crippen LogP contribution in [0.25, 0.3) is 16.5 Å². The van der Waals surface area contributed by atoms with Crippen molar-refractivity contribution in [2.24, 2.45) is 5.92 Å². The van der Waals surface area contributed by atoms with Crippen molar-refractivity contribution in [3.05, 3.63) is 51.8 Å². The molecule has 0 saturated carbocycles. The molecule has 0 atom stereocenters. The van der Waals surface area contributed by atoms with Crippen molar-refractivity contribution in [3.8, 4) is 0 Å². The normalized spacial score (nSPS) is 17.1. The van der Waals surface area contributed by atoms with Crippen LogP contribution in [0.5, 0.6) is 0 Å². The van der Waals surface area contributed by atoms with E-state index in [1.54, 1.807) is 0 Å². The molecule has 2 aromatic rings. The van der Waals surface area contributed by atoms with Gasteiger partial charge in [-0.3, -0.25) is 4.79 Å². The third-order valence-corrected chi connectivity index (χ3v) is 3.74. The molecule has 1 aliphatic carbocycles. The number of aromatic nitrogens is 1. The molecular weight excluding hydrogens is 234 g/mol. The number of aromatic amines is 1. The average Bonchev–Trinajstić information content (AvgIpc) is 2.40. The van der Waals surface area contributed by atoms with E-state index < -0.39 is 0 Å². The van der Waals surface area contributed by atoms with Gasteiger partial charge in [-0.15, -0.1) is 0 Å². The lowest BCUT2D eigenvalue weighted by atomic mass is 9.88. The van der Waals surface area contributed by atoms with Crippen molar-refractivity contribution >= 4 is 16.5 Å². The zero-order valence-corrected chi connectivity index (χ0v) is 11.5. The highest BCUT2D eigenvalue weighted by Gasteiger charge is 2.19. The molecule has 0 spiro atoms. The van der Waals surface area contributed by atoms with Gasteiger partial charge in [0, 0.05) is 22.2 Å². The van der Waals surface area contributed by atoms with Crippen molar-refractivity contribution < 1.29 is 0 Å². The Morgan fingerprint density at radius 1 is 1.21 bits per heavy atom. The summed E-state index contributed by atoms with van der Waals surface area (Å²) in [5, 5.41) is 0.812. The molecule has 0 bridgehead atoms. The quantitative estimate of drug-likeness (QED) is 0.821. The molecule has 2 nitrogen and oxygen atoms in total. The van der Waals surface area contributed by atoms with E-state index in [0.29, 0.717) is 5.92 Å². The fourth-order valence-electron chi connectivity index (χ4n) is 2.94. The number of benzene rings is 1. The number of hydrogen-bond acceptors (Lipinski definition) is 1. The largest absolute Gasteiger partial charge is 0.354 e. The van der Waals surface area contributed by atoms with Crippen LogP contribution in [0.4, 0.5) is 0 Å². The lowest BCUT2D eigenvalue weighted by molar-refractivity contribution is 0.782. The number of rotatable bonds is 1. The van der Waals surface area contributed by atoms with E-state index in [-0.39, 0.29) is 5.43 Å². The Balaban J connectivity index is 2.31. The second-order valence-corrected chi connectivity index (χ2v) is 5.64. The smallest absolute Gasteiger partial charge is 0.193 e. The van der Waals surface area contributed by atoms with E-state index in [2.05, 4.69) is 24.9 Å². The first-order valence-corrected chi connectivity index (χ1v) is 7.02. The predicted octanol–water partition coefficient (Wildman–Crippen LogP) is 3.90. The Labute approximate surface area is 113 Å². The van der Waals surface area contributed by atoms with Crippen LogP contribution in [0.2, 0.25) is 0 Å². The molecule has 19 heavy (non-hydrogen) atoms. The molecule has 1 heterocycles. The maximum atomic E-state index is 12.6. The second-order valence-electron chi connectivity index (χ2n) is 5.64. The molecule has 0 fully saturated rings. The molecule has 1 aromatic heterocycles. The topological polar surface area (TPSA) is 32.9 Å². The molecule has 0 aliphatic heterocycles. The number of hydrogen-bond donors (Lipinski definition) is 1. The number of nitrogens with one attached hydrogen (secondary N) is 1. The highest BCUT2D eigenvalue weighted by molar-refractivity contribution is 5.82. The SMILES string of the molecule is CC(C)C=C1CCCc2c1[nH]c1ccccc1c2=O. The van der Waals surface area contributed by atoms with Gasteiger partial charge in [0.25, 0.3) is 0 Å². The first-order valence-electron chi connectivity index (χ1n) is 7.02. The van der Waals surface area contributed by atoms with Crippen molar-refractivity contribution in [1.29, 1.82) is 0 Å². The van der Waals surface area contributed by atoms with Crippen LogP contribution in [0.3, 0.4) is 0 Å². The van der Waals surface area contributed by atoms with E-state index in [9.17, 15) is 4.79 Å². The molecule has 1 aliphatic rings. The summed E-state index contributed by atoms with van der Waals surface area (Å²) in [6.07, 6.45) is 5.32. The van der Waals surface area contributed by atoms with E-state index in [1.165, 1.54) is 5.57 Å². The summed E-state index contributed by atoms with van der Waals surface area (Å²) in [5.74, 6) is 0.510. The van der Waals surface area contributed by atoms with Crippen molar-refractivity contribution in [2.45, 2.75) is 33.1 Å². The predicted molar refractivity (Wildman–Crippen MR) is 80.3 cm³/mol. The number of pyridine rings is 1. The van der Waals surface area contributed by atoms with E-state index in [4.69, 9.17) is 0 Å². The van der Waals surface area contributed by atoms with Gasteiger partial charge in [-0.2, -0.15) is 0 Å². The fourth-order valence-corrected chi connectivity index (χ4v) is 2.94. The molecule has 0 saturated heterocycles. The van der Waals surface area contributed by atoms with Crippen LogP contribution in [0, 0.1) is 5.92 Å². The van der Waals surface area contributed by atoms with Crippen LogP contribution in [-0.2, 0) is 6.42 Å². The van der Waals surface area contributed by atoms with Crippen LogP contribution >= 0.6 is 0 Å². The molecule has 2 heteroatoms. The van der Waals surface area contributed by atoms with Gasteiger partial charge >= 0.3 is 0 Å². The molecular formula is C17H19NO. The van der Waals surface area contributed by atoms with Crippen LogP contribution in [0.15, 0.2) is 35.1 Å². The van der Waals surface area contributed by atoms with Crippen molar-refractivity contribution in [2.75, 3.05) is 0 Å². The summed E-state index contributed by atoms with van der Waals surface area (Å²) in [6, 6.07) is 7.80. The highest BCUT2D eigenvalue weighted by atomic mass is 16.1. The summed E-state index contributed by atoms with van der Waals surface area (Å²) in [4.78, 5) is 16.0. The van der Waals surface area contributed by atoms with E-state index >= 15 is 0 Å². The minimum absolute atomic E-state index is 0.207. The van der Waals surface area contributed by atoms with Gasteiger partial charge < -0.3 is 4.98 Å². The van der Waals surface area contributed by atoms with Gasteiger partial charge in [-0.05, 0) is 42.9 Å². The standard InChI is InChI=1S/C17H19NO/c1-11(2)10-12-6-5-8-14-16(12)18-15-9-4-3-7-13(15)17(14)19/h3-4,7,9-11H,5-6,8H2,1-2H3,(H,18,19). The highest BCUT2D eigenvalue weighted by Crippen LogP contribution is 2.29. The van der Waals surface area contributed by atoms with E-state index in [1.807, 2.05) is 24.3 Å². The van der Waals surface area contributed by atoms with Crippen molar-refractivity contribution in [1.82, 2.24) is 4.98 Å². The van der Waals surface area contributed by atoms with Gasteiger partial charge in [0.15, 0.2) is 5.43 Å². The number of H-pyrrole nitrogens is 1. The molecule has 0 radical (unpaired) electrons. The Morgan fingerprint density at radius 3 is 2.79 bits per heavy atom. The molecule has 0 amide bonds. The summed E-state index contributed by atoms with van der Waals surface area (Å²) in [5.41, 5.74) is 4.50. The van der Waals surface area contributed by atoms with E-state index in [0.717, 1.165) is 41.4 Å². The van der Waals surface area contributed by atoms with Gasteiger partial charge in [0.1, 0.15) is 0 Å². The molecule has 1 N–H and O–H groups in total. The lowest BCUT2D eigenvalue weighted by Crippen LogP contribution is -2.18. The third kappa shape index (κ3) is 2.12. The number of para-hydroxylation sites is 1. The van der Waals surface area contributed by atoms with Crippen LogP contribution < -0.4 is 5.43 Å². The number of allylic oxidation sites excluding steroid dienone is 2. The maximum Gasteiger partial charge on any atom is 0.193 e. The summed E-state index contributed by atoms with van der Waals surface area (Å²) in [7, 11) is 0. The maximum absolute atomic E-state index is 12.6.